The molecule has 0 unspecified atom stereocenters. The van der Waals surface area contributed by atoms with Crippen LogP contribution < -0.4 is 9.47 Å². The van der Waals surface area contributed by atoms with Crippen LogP contribution in [0.3, 0.4) is 0 Å². The summed E-state index contributed by atoms with van der Waals surface area (Å²) in [5.41, 5.74) is 5.98. The normalized spacial score (nSPS) is 12.9. The van der Waals surface area contributed by atoms with E-state index in [1.807, 2.05) is 30.2 Å². The molecule has 0 fully saturated rings. The number of aryl methyl sites for hydroxylation is 1. The molecule has 186 valence electrons. The average molecular weight is 507 g/mol. The monoisotopic (exact) mass is 506 g/mol. The van der Waals surface area contributed by atoms with Gasteiger partial charge in [-0.25, -0.2) is 0 Å². The molecule has 6 rings (SSSR count). The van der Waals surface area contributed by atoms with Gasteiger partial charge >= 0.3 is 0 Å². The van der Waals surface area contributed by atoms with Gasteiger partial charge in [0.1, 0.15) is 23.9 Å². The molecule has 4 aromatic carbocycles. The summed E-state index contributed by atoms with van der Waals surface area (Å²) in [5, 5.41) is 2.38. The van der Waals surface area contributed by atoms with Crippen LogP contribution in [0.2, 0.25) is 0 Å². The molecule has 5 aromatic rings. The number of benzene rings is 4. The quantitative estimate of drug-likeness (QED) is 0.197. The predicted molar refractivity (Wildman–Crippen MR) is 152 cm³/mol. The Kier molecular flexibility index (Phi) is 6.92. The molecule has 0 saturated heterocycles. The summed E-state index contributed by atoms with van der Waals surface area (Å²) in [6.07, 6.45) is 6.47. The molecule has 1 heterocycles. The average Bonchev–Trinajstić information content (AvgIpc) is 3.37. The van der Waals surface area contributed by atoms with E-state index in [9.17, 15) is 0 Å². The first-order valence-corrected chi connectivity index (χ1v) is 13.9. The third-order valence-electron chi connectivity index (χ3n) is 7.15. The molecule has 0 radical (unpaired) electrons. The van der Waals surface area contributed by atoms with Crippen LogP contribution in [0.15, 0.2) is 101 Å². The zero-order chi connectivity index (χ0) is 25.0. The van der Waals surface area contributed by atoms with Gasteiger partial charge in [-0.3, -0.25) is 0 Å². The van der Waals surface area contributed by atoms with Gasteiger partial charge in [-0.15, -0.1) is 11.8 Å². The van der Waals surface area contributed by atoms with Crippen molar-refractivity contribution in [3.8, 4) is 22.8 Å². The fourth-order valence-corrected chi connectivity index (χ4v) is 6.20. The molecule has 0 spiro atoms. The molecular formula is C33H30O3S. The second-order valence-corrected chi connectivity index (χ2v) is 10.5. The topological polar surface area (TPSA) is 31.6 Å². The number of fused-ring (bicyclic) bond motifs is 2. The van der Waals surface area contributed by atoms with E-state index >= 15 is 0 Å². The molecule has 37 heavy (non-hydrogen) atoms. The van der Waals surface area contributed by atoms with E-state index in [2.05, 4.69) is 72.8 Å². The SMILES string of the molecule is COc1c(-c2occ(COc3ccc4ccccc4c3)c2CSc2ccccc2)ccc2c1CCCC2. The Labute approximate surface area is 222 Å². The Balaban J connectivity index is 1.34. The summed E-state index contributed by atoms with van der Waals surface area (Å²) in [6.45, 7) is 0.444. The Morgan fingerprint density at radius 3 is 2.51 bits per heavy atom. The maximum atomic E-state index is 6.29. The molecule has 0 bridgehead atoms. The van der Waals surface area contributed by atoms with Gasteiger partial charge in [-0.2, -0.15) is 0 Å². The first-order chi connectivity index (χ1) is 18.3. The van der Waals surface area contributed by atoms with Crippen LogP contribution in [-0.4, -0.2) is 7.11 Å². The van der Waals surface area contributed by atoms with Crippen LogP contribution in [-0.2, 0) is 25.2 Å². The van der Waals surface area contributed by atoms with Crippen molar-refractivity contribution >= 4 is 22.5 Å². The second kappa shape index (κ2) is 10.8. The summed E-state index contributed by atoms with van der Waals surface area (Å²) in [5.74, 6) is 3.48. The highest BCUT2D eigenvalue weighted by atomic mass is 32.2. The Hall–Kier alpha value is -3.63. The summed E-state index contributed by atoms with van der Waals surface area (Å²) in [7, 11) is 1.78. The standard InChI is InChI=1S/C33H30O3S/c1-34-32-29-14-8-7-10-24(29)16-18-30(32)33-31(22-37-28-12-3-2-4-13-28)26(21-36-33)20-35-27-17-15-23-9-5-6-11-25(23)19-27/h2-6,9,11-13,15-19,21H,7-8,10,14,20,22H2,1H3. The Bertz CT molecular complexity index is 1520. The van der Waals surface area contributed by atoms with Crippen LogP contribution in [0.25, 0.3) is 22.1 Å². The number of ether oxygens (including phenoxy) is 2. The highest BCUT2D eigenvalue weighted by Crippen LogP contribution is 2.42. The summed E-state index contributed by atoms with van der Waals surface area (Å²) >= 11 is 1.81. The molecule has 0 amide bonds. The van der Waals surface area contributed by atoms with E-state index in [0.717, 1.165) is 52.5 Å². The molecular weight excluding hydrogens is 476 g/mol. The maximum absolute atomic E-state index is 6.29. The van der Waals surface area contributed by atoms with E-state index in [1.54, 1.807) is 7.11 Å². The fraction of sp³-hybridized carbons (Fsp3) is 0.212. The summed E-state index contributed by atoms with van der Waals surface area (Å²) < 4.78 is 18.6. The van der Waals surface area contributed by atoms with Crippen molar-refractivity contribution in [1.29, 1.82) is 0 Å². The van der Waals surface area contributed by atoms with Crippen LogP contribution in [0.1, 0.15) is 35.1 Å². The Morgan fingerprint density at radius 1 is 0.838 bits per heavy atom. The van der Waals surface area contributed by atoms with Gasteiger partial charge < -0.3 is 13.9 Å². The Morgan fingerprint density at radius 2 is 1.65 bits per heavy atom. The van der Waals surface area contributed by atoms with E-state index in [4.69, 9.17) is 13.9 Å². The third kappa shape index (κ3) is 4.99. The fourth-order valence-electron chi connectivity index (χ4n) is 5.22. The van der Waals surface area contributed by atoms with Gasteiger partial charge in [0.15, 0.2) is 0 Å². The van der Waals surface area contributed by atoms with Crippen molar-refractivity contribution in [2.45, 2.75) is 42.9 Å². The molecule has 0 N–H and O–H groups in total. The highest BCUT2D eigenvalue weighted by Gasteiger charge is 2.24. The van der Waals surface area contributed by atoms with Crippen molar-refractivity contribution in [3.05, 3.63) is 113 Å². The van der Waals surface area contributed by atoms with Crippen LogP contribution >= 0.6 is 11.8 Å². The van der Waals surface area contributed by atoms with Gasteiger partial charge in [0.25, 0.3) is 0 Å². The van der Waals surface area contributed by atoms with Gasteiger partial charge in [0, 0.05) is 21.8 Å². The number of thioether (sulfide) groups is 1. The number of hydrogen-bond acceptors (Lipinski definition) is 4. The zero-order valence-electron chi connectivity index (χ0n) is 21.0. The van der Waals surface area contributed by atoms with E-state index in [0.29, 0.717) is 6.61 Å². The molecule has 3 nitrogen and oxygen atoms in total. The third-order valence-corrected chi connectivity index (χ3v) is 8.19. The first-order valence-electron chi connectivity index (χ1n) is 12.9. The minimum absolute atomic E-state index is 0.444. The summed E-state index contributed by atoms with van der Waals surface area (Å²) in [6, 6.07) is 29.5. The van der Waals surface area contributed by atoms with Gasteiger partial charge in [0.2, 0.25) is 0 Å². The van der Waals surface area contributed by atoms with Crippen LogP contribution in [0.5, 0.6) is 11.5 Å². The minimum atomic E-state index is 0.444. The smallest absolute Gasteiger partial charge is 0.142 e. The van der Waals surface area contributed by atoms with E-state index in [-0.39, 0.29) is 0 Å². The van der Waals surface area contributed by atoms with Crippen molar-refractivity contribution in [2.24, 2.45) is 0 Å². The molecule has 0 aliphatic heterocycles. The van der Waals surface area contributed by atoms with E-state index < -0.39 is 0 Å². The lowest BCUT2D eigenvalue weighted by atomic mass is 9.88. The summed E-state index contributed by atoms with van der Waals surface area (Å²) in [4.78, 5) is 1.23. The number of rotatable bonds is 8. The molecule has 4 heteroatoms. The lowest BCUT2D eigenvalue weighted by molar-refractivity contribution is 0.304. The zero-order valence-corrected chi connectivity index (χ0v) is 21.9. The van der Waals surface area contributed by atoms with Crippen molar-refractivity contribution in [3.63, 3.8) is 0 Å². The lowest BCUT2D eigenvalue weighted by Gasteiger charge is -2.21. The molecule has 1 aliphatic carbocycles. The number of furan rings is 1. The molecule has 1 aliphatic rings. The minimum Gasteiger partial charge on any atom is -0.496 e. The second-order valence-electron chi connectivity index (χ2n) is 9.46. The van der Waals surface area contributed by atoms with Gasteiger partial charge in [-0.1, -0.05) is 54.6 Å². The predicted octanol–water partition coefficient (Wildman–Crippen LogP) is 8.86. The molecule has 0 atom stereocenters. The maximum Gasteiger partial charge on any atom is 0.142 e. The molecule has 1 aromatic heterocycles. The van der Waals surface area contributed by atoms with Gasteiger partial charge in [-0.05, 0) is 77.9 Å². The largest absolute Gasteiger partial charge is 0.496 e. The van der Waals surface area contributed by atoms with Crippen LogP contribution in [0, 0.1) is 0 Å². The van der Waals surface area contributed by atoms with Crippen molar-refractivity contribution in [1.82, 2.24) is 0 Å². The highest BCUT2D eigenvalue weighted by molar-refractivity contribution is 7.98. The number of hydrogen-bond donors (Lipinski definition) is 0. The lowest BCUT2D eigenvalue weighted by Crippen LogP contribution is -2.06. The van der Waals surface area contributed by atoms with Crippen molar-refractivity contribution < 1.29 is 13.9 Å². The van der Waals surface area contributed by atoms with Gasteiger partial charge in [0.05, 0.1) is 18.9 Å². The first kappa shape index (κ1) is 23.7. The van der Waals surface area contributed by atoms with Crippen molar-refractivity contribution in [2.75, 3.05) is 7.11 Å². The van der Waals surface area contributed by atoms with Crippen LogP contribution in [0.4, 0.5) is 0 Å². The van der Waals surface area contributed by atoms with E-state index in [1.165, 1.54) is 39.6 Å². The number of methoxy groups -OCH3 is 1. The molecule has 0 saturated carbocycles.